The van der Waals surface area contributed by atoms with Gasteiger partial charge in [-0.25, -0.2) is 15.0 Å². The van der Waals surface area contributed by atoms with Gasteiger partial charge in [-0.05, 0) is 44.9 Å². The molecule has 2 fully saturated rings. The zero-order valence-electron chi connectivity index (χ0n) is 15.9. The molecule has 0 saturated carbocycles. The van der Waals surface area contributed by atoms with E-state index in [0.29, 0.717) is 24.6 Å². The van der Waals surface area contributed by atoms with Crippen LogP contribution in [0.15, 0.2) is 24.4 Å². The van der Waals surface area contributed by atoms with E-state index in [0.717, 1.165) is 36.8 Å². The van der Waals surface area contributed by atoms with Crippen molar-refractivity contribution in [2.45, 2.75) is 39.2 Å². The highest BCUT2D eigenvalue weighted by atomic mass is 16.5. The minimum absolute atomic E-state index is 0.0245. The average molecular weight is 367 g/mol. The average Bonchev–Trinajstić information content (AvgIpc) is 3.33. The Bertz CT molecular complexity index is 815. The molecule has 2 aromatic rings. The quantitative estimate of drug-likeness (QED) is 0.826. The smallest absolute Gasteiger partial charge is 0.272 e. The fourth-order valence-corrected chi connectivity index (χ4v) is 3.82. The van der Waals surface area contributed by atoms with Crippen LogP contribution < -0.4 is 9.64 Å². The van der Waals surface area contributed by atoms with Gasteiger partial charge in [0, 0.05) is 37.9 Å². The molecule has 7 nitrogen and oxygen atoms in total. The van der Waals surface area contributed by atoms with Crippen molar-refractivity contribution in [3.63, 3.8) is 0 Å². The Balaban J connectivity index is 1.44. The summed E-state index contributed by atoms with van der Waals surface area (Å²) < 4.78 is 6.25. The van der Waals surface area contributed by atoms with Gasteiger partial charge in [0.2, 0.25) is 0 Å². The van der Waals surface area contributed by atoms with E-state index in [1.54, 1.807) is 6.07 Å². The van der Waals surface area contributed by atoms with Gasteiger partial charge in [0.25, 0.3) is 5.91 Å². The first-order valence-electron chi connectivity index (χ1n) is 9.58. The number of anilines is 1. The molecule has 0 spiro atoms. The number of pyridine rings is 1. The van der Waals surface area contributed by atoms with Crippen LogP contribution in [0.2, 0.25) is 0 Å². The predicted octanol–water partition coefficient (Wildman–Crippen LogP) is 2.38. The maximum atomic E-state index is 12.8. The van der Waals surface area contributed by atoms with Crippen LogP contribution in [-0.2, 0) is 0 Å². The molecule has 142 valence electrons. The zero-order valence-corrected chi connectivity index (χ0v) is 15.9. The van der Waals surface area contributed by atoms with Crippen molar-refractivity contribution in [1.82, 2.24) is 19.9 Å². The highest BCUT2D eigenvalue weighted by Gasteiger charge is 2.30. The molecule has 0 aliphatic carbocycles. The topological polar surface area (TPSA) is 71.5 Å². The summed E-state index contributed by atoms with van der Waals surface area (Å²) in [7, 11) is 0. The number of hydrogen-bond acceptors (Lipinski definition) is 6. The molecule has 0 radical (unpaired) electrons. The molecule has 27 heavy (non-hydrogen) atoms. The highest BCUT2D eigenvalue weighted by Crippen LogP contribution is 2.30. The van der Waals surface area contributed by atoms with Gasteiger partial charge < -0.3 is 14.5 Å². The Morgan fingerprint density at radius 3 is 2.78 bits per heavy atom. The Labute approximate surface area is 159 Å². The standard InChI is InChI=1S/C20H25N5O2/c1-14-12-17(23-15(2)22-14)20(26)25-11-7-16(13-25)27-18-6-5-8-21-19(18)24-9-3-4-10-24/h5-6,8,12,16H,3-4,7,9-11,13H2,1-2H3. The van der Waals surface area contributed by atoms with E-state index in [2.05, 4.69) is 19.9 Å². The maximum Gasteiger partial charge on any atom is 0.272 e. The molecule has 2 saturated heterocycles. The van der Waals surface area contributed by atoms with E-state index in [4.69, 9.17) is 4.74 Å². The first-order valence-corrected chi connectivity index (χ1v) is 9.58. The monoisotopic (exact) mass is 367 g/mol. The zero-order chi connectivity index (χ0) is 18.8. The van der Waals surface area contributed by atoms with Crippen LogP contribution in [0.25, 0.3) is 0 Å². The lowest BCUT2D eigenvalue weighted by atomic mass is 10.3. The molecule has 2 aliphatic rings. The van der Waals surface area contributed by atoms with E-state index in [1.807, 2.05) is 37.1 Å². The Kier molecular flexibility index (Phi) is 4.92. The summed E-state index contributed by atoms with van der Waals surface area (Å²) in [5.41, 5.74) is 1.27. The van der Waals surface area contributed by atoms with Crippen LogP contribution in [0.3, 0.4) is 0 Å². The van der Waals surface area contributed by atoms with Gasteiger partial charge in [-0.3, -0.25) is 4.79 Å². The Morgan fingerprint density at radius 1 is 1.19 bits per heavy atom. The van der Waals surface area contributed by atoms with Crippen molar-refractivity contribution in [2.75, 3.05) is 31.1 Å². The number of aryl methyl sites for hydroxylation is 2. The second kappa shape index (κ2) is 7.50. The third-order valence-corrected chi connectivity index (χ3v) is 5.07. The van der Waals surface area contributed by atoms with Crippen molar-refractivity contribution in [2.24, 2.45) is 0 Å². The summed E-state index contributed by atoms with van der Waals surface area (Å²) in [5, 5.41) is 0. The first kappa shape index (κ1) is 17.7. The number of carbonyl (C=O) groups is 1. The van der Waals surface area contributed by atoms with Gasteiger partial charge in [-0.15, -0.1) is 0 Å². The third-order valence-electron chi connectivity index (χ3n) is 5.07. The fourth-order valence-electron chi connectivity index (χ4n) is 3.82. The summed E-state index contributed by atoms with van der Waals surface area (Å²) in [6.45, 7) is 6.97. The molecule has 2 aromatic heterocycles. The van der Waals surface area contributed by atoms with Crippen molar-refractivity contribution in [3.05, 3.63) is 41.6 Å². The van der Waals surface area contributed by atoms with Crippen molar-refractivity contribution in [1.29, 1.82) is 0 Å². The summed E-state index contributed by atoms with van der Waals surface area (Å²) >= 11 is 0. The van der Waals surface area contributed by atoms with Gasteiger partial charge in [0.15, 0.2) is 11.6 Å². The molecule has 0 aromatic carbocycles. The fraction of sp³-hybridized carbons (Fsp3) is 0.500. The lowest BCUT2D eigenvalue weighted by Crippen LogP contribution is -2.32. The SMILES string of the molecule is Cc1cc(C(=O)N2CCC(Oc3cccnc3N3CCCC3)C2)nc(C)n1. The van der Waals surface area contributed by atoms with Crippen LogP contribution in [0.5, 0.6) is 5.75 Å². The van der Waals surface area contributed by atoms with Crippen molar-refractivity contribution < 1.29 is 9.53 Å². The van der Waals surface area contributed by atoms with Crippen LogP contribution >= 0.6 is 0 Å². The number of nitrogens with zero attached hydrogens (tertiary/aromatic N) is 5. The number of hydrogen-bond donors (Lipinski definition) is 0. The largest absolute Gasteiger partial charge is 0.485 e. The van der Waals surface area contributed by atoms with E-state index in [1.165, 1.54) is 12.8 Å². The van der Waals surface area contributed by atoms with Crippen LogP contribution in [0, 0.1) is 13.8 Å². The Morgan fingerprint density at radius 2 is 2.00 bits per heavy atom. The van der Waals surface area contributed by atoms with Gasteiger partial charge in [-0.2, -0.15) is 0 Å². The van der Waals surface area contributed by atoms with Crippen molar-refractivity contribution in [3.8, 4) is 5.75 Å². The minimum atomic E-state index is -0.0550. The summed E-state index contributed by atoms with van der Waals surface area (Å²) in [5.74, 6) is 2.30. The van der Waals surface area contributed by atoms with Gasteiger partial charge in [0.1, 0.15) is 17.6 Å². The minimum Gasteiger partial charge on any atom is -0.485 e. The molecule has 1 amide bonds. The molecule has 4 rings (SSSR count). The molecular formula is C20H25N5O2. The molecule has 7 heteroatoms. The second-order valence-corrected chi connectivity index (χ2v) is 7.24. The highest BCUT2D eigenvalue weighted by molar-refractivity contribution is 5.92. The number of rotatable bonds is 4. The summed E-state index contributed by atoms with van der Waals surface area (Å²) in [4.78, 5) is 29.9. The molecule has 0 bridgehead atoms. The number of carbonyl (C=O) groups excluding carboxylic acids is 1. The normalized spacial score (nSPS) is 19.6. The summed E-state index contributed by atoms with van der Waals surface area (Å²) in [6, 6.07) is 5.62. The molecule has 4 heterocycles. The van der Waals surface area contributed by atoms with E-state index in [-0.39, 0.29) is 12.0 Å². The van der Waals surface area contributed by atoms with Gasteiger partial charge >= 0.3 is 0 Å². The third kappa shape index (κ3) is 3.86. The van der Waals surface area contributed by atoms with E-state index >= 15 is 0 Å². The van der Waals surface area contributed by atoms with Gasteiger partial charge in [-0.1, -0.05) is 0 Å². The van der Waals surface area contributed by atoms with Crippen molar-refractivity contribution >= 4 is 11.7 Å². The van der Waals surface area contributed by atoms with E-state index < -0.39 is 0 Å². The molecular weight excluding hydrogens is 342 g/mol. The molecule has 1 atom stereocenters. The first-order chi connectivity index (χ1) is 13.1. The van der Waals surface area contributed by atoms with Gasteiger partial charge in [0.05, 0.1) is 6.54 Å². The maximum absolute atomic E-state index is 12.8. The number of ether oxygens (including phenoxy) is 1. The van der Waals surface area contributed by atoms with Crippen LogP contribution in [0.4, 0.5) is 5.82 Å². The predicted molar refractivity (Wildman–Crippen MR) is 102 cm³/mol. The lowest BCUT2D eigenvalue weighted by molar-refractivity contribution is 0.0766. The van der Waals surface area contributed by atoms with Crippen LogP contribution in [0.1, 0.15) is 41.3 Å². The second-order valence-electron chi connectivity index (χ2n) is 7.24. The molecule has 2 aliphatic heterocycles. The van der Waals surface area contributed by atoms with Crippen LogP contribution in [-0.4, -0.2) is 58.0 Å². The number of likely N-dealkylation sites (tertiary alicyclic amines) is 1. The summed E-state index contributed by atoms with van der Waals surface area (Å²) in [6.07, 6.45) is 4.98. The Hall–Kier alpha value is -2.70. The number of amides is 1. The van der Waals surface area contributed by atoms with E-state index in [9.17, 15) is 4.79 Å². The lowest BCUT2D eigenvalue weighted by Gasteiger charge is -2.22. The molecule has 0 N–H and O–H groups in total. The number of aromatic nitrogens is 3. The molecule has 1 unspecified atom stereocenters.